The maximum Gasteiger partial charge on any atom is 0.323 e. The Balaban J connectivity index is 1.07. The molecule has 4 N–H and O–H groups in total. The molecule has 0 spiro atoms. The van der Waals surface area contributed by atoms with Gasteiger partial charge in [0.05, 0.1) is 62.6 Å². The van der Waals surface area contributed by atoms with Crippen LogP contribution in [0, 0.1) is 5.92 Å². The fraction of sp³-hybridized carbons (Fsp3) is 0.484. The molecular formula is C62H77Cl2F4N9O8. The molecule has 6 atom stereocenters. The van der Waals surface area contributed by atoms with E-state index in [0.29, 0.717) is 46.5 Å². The number of aliphatic carboxylic acids is 1. The van der Waals surface area contributed by atoms with Gasteiger partial charge < -0.3 is 49.8 Å². The minimum absolute atomic E-state index is 0.00429. The van der Waals surface area contributed by atoms with Gasteiger partial charge in [-0.1, -0.05) is 84.6 Å². The molecule has 1 aliphatic carbocycles. The van der Waals surface area contributed by atoms with Crippen LogP contribution in [-0.2, 0) is 61.7 Å². The first-order chi connectivity index (χ1) is 40.4. The lowest BCUT2D eigenvalue weighted by molar-refractivity contribution is -0.172. The smallest absolute Gasteiger partial charge is 0.323 e. The van der Waals surface area contributed by atoms with Gasteiger partial charge in [0, 0.05) is 74.5 Å². The van der Waals surface area contributed by atoms with Gasteiger partial charge in [-0.2, -0.15) is 17.6 Å². The number of methoxy groups -OCH3 is 1. The van der Waals surface area contributed by atoms with Crippen molar-refractivity contribution in [2.75, 3.05) is 61.5 Å². The largest absolute Gasteiger partial charge is 0.481 e. The number of likely N-dealkylation sites (tertiary alicyclic amines) is 1. The first-order valence-electron chi connectivity index (χ1n) is 28.5. The molecule has 5 aromatic rings. The molecule has 23 heteroatoms. The number of carbonyl (C=O) groups excluding carboxylic acids is 4. The van der Waals surface area contributed by atoms with Crippen molar-refractivity contribution >= 4 is 52.8 Å². The summed E-state index contributed by atoms with van der Waals surface area (Å²) in [5.41, 5.74) is 3.95. The third-order valence-corrected chi connectivity index (χ3v) is 16.3. The number of halogens is 6. The van der Waals surface area contributed by atoms with E-state index in [2.05, 4.69) is 20.9 Å². The summed E-state index contributed by atoms with van der Waals surface area (Å²) in [5, 5.41) is 19.8. The lowest BCUT2D eigenvalue weighted by Gasteiger charge is -2.40. The monoisotopic (exact) mass is 1220 g/mol. The number of alkyl halides is 4. The Kier molecular flexibility index (Phi) is 23.4. The topological polar surface area (TPSA) is 191 Å². The highest BCUT2D eigenvalue weighted by Crippen LogP contribution is 2.41. The third kappa shape index (κ3) is 18.2. The first kappa shape index (κ1) is 65.9. The number of nitrogens with zero attached hydrogens (tertiary/aromatic N) is 6. The van der Waals surface area contributed by atoms with Crippen molar-refractivity contribution < 1.29 is 56.1 Å². The van der Waals surface area contributed by atoms with E-state index >= 15 is 0 Å². The van der Waals surface area contributed by atoms with Crippen LogP contribution in [0.25, 0.3) is 11.3 Å². The van der Waals surface area contributed by atoms with Gasteiger partial charge >= 0.3 is 17.8 Å². The SMILES string of the molecule is COC[C@H](NC(=O)[C@H](CCCN1CC(F)(F)C(F)(F)C1)NCc1ccc(Cl)cc1Oc1ccc(-c2cnc(CN(C)C)n2C)cc1)C(=O)N(C)[C@H](CC(=O)N[C@H]1CCCC[C@@H]1N(C)C(=O)C(CC(=O)O)Cc1ccccc1)Cc1ccc(Cl)cc1. The quantitative estimate of drug-likeness (QED) is 0.0333. The van der Waals surface area contributed by atoms with Crippen molar-refractivity contribution in [1.82, 2.24) is 45.1 Å². The summed E-state index contributed by atoms with van der Waals surface area (Å²) in [6.07, 6.45) is 4.31. The van der Waals surface area contributed by atoms with E-state index in [1.54, 1.807) is 66.5 Å². The molecule has 1 saturated heterocycles. The number of aromatic nitrogens is 2. The van der Waals surface area contributed by atoms with E-state index < -0.39 is 84.8 Å². The Hall–Kier alpha value is -6.62. The zero-order chi connectivity index (χ0) is 61.6. The summed E-state index contributed by atoms with van der Waals surface area (Å²) in [7, 11) is 10.4. The molecule has 0 radical (unpaired) electrons. The molecule has 1 aromatic heterocycles. The maximum atomic E-state index is 14.8. The van der Waals surface area contributed by atoms with Crippen LogP contribution in [0.1, 0.15) is 73.9 Å². The number of likely N-dealkylation sites (N-methyl/N-ethyl adjacent to an activating group) is 2. The van der Waals surface area contributed by atoms with Crippen molar-refractivity contribution in [3.63, 3.8) is 0 Å². The highest BCUT2D eigenvalue weighted by atomic mass is 35.5. The molecule has 17 nitrogen and oxygen atoms in total. The highest BCUT2D eigenvalue weighted by molar-refractivity contribution is 6.31. The molecule has 2 heterocycles. The Morgan fingerprint density at radius 1 is 0.812 bits per heavy atom. The summed E-state index contributed by atoms with van der Waals surface area (Å²) < 4.78 is 71.0. The van der Waals surface area contributed by atoms with Crippen LogP contribution in [0.3, 0.4) is 0 Å². The van der Waals surface area contributed by atoms with E-state index in [1.807, 2.05) is 79.3 Å². The van der Waals surface area contributed by atoms with Gasteiger partial charge in [0.15, 0.2) is 0 Å². The van der Waals surface area contributed by atoms with Gasteiger partial charge in [0.25, 0.3) is 0 Å². The van der Waals surface area contributed by atoms with Crippen molar-refractivity contribution in [3.8, 4) is 22.8 Å². The van der Waals surface area contributed by atoms with Crippen molar-refractivity contribution in [2.45, 2.75) is 119 Å². The molecular weight excluding hydrogens is 1150 g/mol. The van der Waals surface area contributed by atoms with Crippen LogP contribution in [0.4, 0.5) is 17.6 Å². The summed E-state index contributed by atoms with van der Waals surface area (Å²) >= 11 is 12.7. The standard InChI is InChI=1S/C62H77Cl2F4N9O8/c1-73(2)36-55-70-35-53(75(55)4)42-21-26-48(27-22-42)85-54-32-46(64)25-20-43(54)34-69-50(16-12-28-77-38-61(65,66)62(67,68)39-77)58(81)72-51(37-84-6)60(83)74(3)47(30-41-18-23-45(63)24-19-41)33-56(78)71-49-15-10-11-17-52(49)76(5)59(82)44(31-57(79)80)29-40-13-8-7-9-14-40/h7-9,13-14,18-27,32,35,44,47,49-52,69H,10-12,15-17,28-31,33-34,36-39H2,1-6H3,(H,71,78)(H,72,81)(H,79,80)/t44?,47-,49-,50-,51-,52-/m0/s1. The Labute approximate surface area is 504 Å². The Morgan fingerprint density at radius 3 is 2.13 bits per heavy atom. The van der Waals surface area contributed by atoms with E-state index in [9.17, 15) is 46.6 Å². The van der Waals surface area contributed by atoms with E-state index in [4.69, 9.17) is 32.7 Å². The Morgan fingerprint density at radius 2 is 1.47 bits per heavy atom. The molecule has 1 saturated carbocycles. The fourth-order valence-corrected chi connectivity index (χ4v) is 11.4. The van der Waals surface area contributed by atoms with Gasteiger partial charge in [0.2, 0.25) is 23.6 Å². The van der Waals surface area contributed by atoms with Gasteiger partial charge in [-0.3, -0.25) is 28.9 Å². The normalized spacial score (nSPS) is 18.0. The summed E-state index contributed by atoms with van der Waals surface area (Å²) in [4.78, 5) is 80.4. The molecule has 2 fully saturated rings. The summed E-state index contributed by atoms with van der Waals surface area (Å²) in [6.45, 7) is -2.12. The Bertz CT molecular complexity index is 3030. The fourth-order valence-electron chi connectivity index (χ4n) is 11.1. The molecule has 4 aromatic carbocycles. The number of carbonyl (C=O) groups is 5. The van der Waals surface area contributed by atoms with E-state index in [0.717, 1.165) is 46.0 Å². The van der Waals surface area contributed by atoms with E-state index in [-0.39, 0.29) is 64.1 Å². The lowest BCUT2D eigenvalue weighted by atomic mass is 9.87. The zero-order valence-electron chi connectivity index (χ0n) is 48.8. The average Bonchev–Trinajstić information content (AvgIpc) is 3.28. The van der Waals surface area contributed by atoms with Crippen LogP contribution in [0.15, 0.2) is 103 Å². The van der Waals surface area contributed by atoms with Crippen LogP contribution in [-0.4, -0.2) is 167 Å². The van der Waals surface area contributed by atoms with Gasteiger partial charge in [-0.05, 0) is 119 Å². The van der Waals surface area contributed by atoms with Crippen LogP contribution in [0.5, 0.6) is 11.5 Å². The van der Waals surface area contributed by atoms with Crippen molar-refractivity contribution in [3.05, 3.63) is 136 Å². The molecule has 460 valence electrons. The molecule has 1 unspecified atom stereocenters. The number of hydrogen-bond acceptors (Lipinski definition) is 11. The highest BCUT2D eigenvalue weighted by Gasteiger charge is 2.62. The molecule has 85 heavy (non-hydrogen) atoms. The molecule has 4 amide bonds. The van der Waals surface area contributed by atoms with Crippen LogP contribution in [0.2, 0.25) is 10.0 Å². The lowest BCUT2D eigenvalue weighted by Crippen LogP contribution is -2.57. The van der Waals surface area contributed by atoms with Gasteiger partial charge in [-0.25, -0.2) is 4.98 Å². The predicted molar refractivity (Wildman–Crippen MR) is 317 cm³/mol. The minimum Gasteiger partial charge on any atom is -0.481 e. The molecule has 2 aliphatic rings. The molecule has 0 bridgehead atoms. The second-order valence-corrected chi connectivity index (χ2v) is 23.4. The number of amides is 4. The predicted octanol–water partition coefficient (Wildman–Crippen LogP) is 8.88. The zero-order valence-corrected chi connectivity index (χ0v) is 50.4. The van der Waals surface area contributed by atoms with Crippen molar-refractivity contribution in [2.24, 2.45) is 13.0 Å². The van der Waals surface area contributed by atoms with Gasteiger partial charge in [-0.15, -0.1) is 0 Å². The van der Waals surface area contributed by atoms with E-state index in [1.165, 1.54) is 19.1 Å². The number of benzene rings is 4. The number of ether oxygens (including phenoxy) is 2. The maximum absolute atomic E-state index is 14.8. The molecule has 1 aliphatic heterocycles. The number of carboxylic acids is 1. The number of hydrogen-bond donors (Lipinski definition) is 4. The number of rotatable bonds is 29. The number of imidazole rings is 1. The number of nitrogens with one attached hydrogen (secondary N) is 3. The summed E-state index contributed by atoms with van der Waals surface area (Å²) in [5.74, 6) is -10.7. The molecule has 7 rings (SSSR count). The first-order valence-corrected chi connectivity index (χ1v) is 29.2. The summed E-state index contributed by atoms with van der Waals surface area (Å²) in [6, 6.07) is 24.3. The minimum atomic E-state index is -4.22. The van der Waals surface area contributed by atoms with Crippen molar-refractivity contribution in [1.29, 1.82) is 0 Å². The third-order valence-electron chi connectivity index (χ3n) is 15.8. The number of carboxylic acid groups (broad SMARTS) is 1. The second-order valence-electron chi connectivity index (χ2n) is 22.5. The van der Waals surface area contributed by atoms with Crippen LogP contribution >= 0.6 is 23.2 Å². The second kappa shape index (κ2) is 30.1. The van der Waals surface area contributed by atoms with Crippen LogP contribution < -0.4 is 20.7 Å². The van der Waals surface area contributed by atoms with Gasteiger partial charge in [0.1, 0.15) is 23.4 Å². The average molecular weight is 1220 g/mol.